The Balaban J connectivity index is 2.09. The van der Waals surface area contributed by atoms with E-state index in [0.29, 0.717) is 0 Å². The zero-order chi connectivity index (χ0) is 9.80. The summed E-state index contributed by atoms with van der Waals surface area (Å²) in [6, 6.07) is 5.83. The first-order valence-corrected chi connectivity index (χ1v) is 5.09. The van der Waals surface area contributed by atoms with Crippen LogP contribution in [0.5, 0.6) is 0 Å². The Bertz CT molecular complexity index is 307. The third kappa shape index (κ3) is 1.80. The van der Waals surface area contributed by atoms with Crippen LogP contribution in [0.25, 0.3) is 0 Å². The molecular weight excluding hydrogens is 176 g/mol. The highest BCUT2D eigenvalue weighted by molar-refractivity contribution is 5.13. The van der Waals surface area contributed by atoms with Gasteiger partial charge < -0.3 is 4.42 Å². The van der Waals surface area contributed by atoms with E-state index in [1.165, 1.54) is 19.3 Å². The molecule has 1 aromatic rings. The van der Waals surface area contributed by atoms with Crippen LogP contribution in [0.1, 0.15) is 31.1 Å². The first kappa shape index (κ1) is 9.29. The average molecular weight is 190 g/mol. The molecule has 1 aliphatic heterocycles. The van der Waals surface area contributed by atoms with Crippen LogP contribution in [-0.4, -0.2) is 18.0 Å². The fourth-order valence-electron chi connectivity index (χ4n) is 1.95. The van der Waals surface area contributed by atoms with Gasteiger partial charge in [-0.2, -0.15) is 5.26 Å². The van der Waals surface area contributed by atoms with E-state index in [9.17, 15) is 0 Å². The summed E-state index contributed by atoms with van der Waals surface area (Å²) in [5.41, 5.74) is 0. The number of piperidine rings is 1. The fraction of sp³-hybridized carbons (Fsp3) is 0.545. The van der Waals surface area contributed by atoms with Gasteiger partial charge in [-0.15, -0.1) is 0 Å². The summed E-state index contributed by atoms with van der Waals surface area (Å²) < 4.78 is 5.28. The van der Waals surface area contributed by atoms with E-state index in [4.69, 9.17) is 9.68 Å². The van der Waals surface area contributed by atoms with Crippen LogP contribution in [0, 0.1) is 11.3 Å². The second-order valence-electron chi connectivity index (χ2n) is 3.64. The van der Waals surface area contributed by atoms with Gasteiger partial charge in [0.2, 0.25) is 0 Å². The zero-order valence-corrected chi connectivity index (χ0v) is 8.15. The minimum atomic E-state index is -0.190. The molecule has 1 aliphatic rings. The van der Waals surface area contributed by atoms with E-state index in [1.807, 2.05) is 12.1 Å². The number of hydrogen-bond acceptors (Lipinski definition) is 3. The van der Waals surface area contributed by atoms with E-state index in [1.54, 1.807) is 6.26 Å². The van der Waals surface area contributed by atoms with Crippen molar-refractivity contribution in [1.29, 1.82) is 5.26 Å². The summed E-state index contributed by atoms with van der Waals surface area (Å²) in [6.07, 6.45) is 5.30. The lowest BCUT2D eigenvalue weighted by molar-refractivity contribution is 0.179. The topological polar surface area (TPSA) is 40.2 Å². The predicted molar refractivity (Wildman–Crippen MR) is 52.5 cm³/mol. The molecule has 1 atom stereocenters. The summed E-state index contributed by atoms with van der Waals surface area (Å²) >= 11 is 0. The van der Waals surface area contributed by atoms with Gasteiger partial charge in [0.15, 0.2) is 6.04 Å². The maximum atomic E-state index is 9.10. The van der Waals surface area contributed by atoms with Gasteiger partial charge in [0.05, 0.1) is 12.3 Å². The molecule has 0 unspecified atom stereocenters. The van der Waals surface area contributed by atoms with E-state index >= 15 is 0 Å². The third-order valence-electron chi connectivity index (χ3n) is 2.69. The maximum Gasteiger partial charge on any atom is 0.156 e. The Morgan fingerprint density at radius 3 is 2.71 bits per heavy atom. The first-order valence-electron chi connectivity index (χ1n) is 5.09. The maximum absolute atomic E-state index is 9.10. The van der Waals surface area contributed by atoms with Crippen molar-refractivity contribution in [3.8, 4) is 6.07 Å². The highest BCUT2D eigenvalue weighted by atomic mass is 16.3. The van der Waals surface area contributed by atoms with Crippen molar-refractivity contribution >= 4 is 0 Å². The predicted octanol–water partition coefficient (Wildman–Crippen LogP) is 2.33. The number of likely N-dealkylation sites (tertiary alicyclic amines) is 1. The summed E-state index contributed by atoms with van der Waals surface area (Å²) in [5.74, 6) is 0.773. The Morgan fingerprint density at radius 2 is 2.14 bits per heavy atom. The average Bonchev–Trinajstić information content (AvgIpc) is 2.74. The minimum absolute atomic E-state index is 0.190. The second-order valence-corrected chi connectivity index (χ2v) is 3.64. The summed E-state index contributed by atoms with van der Waals surface area (Å²) in [7, 11) is 0. The third-order valence-corrected chi connectivity index (χ3v) is 2.69. The molecule has 3 heteroatoms. The SMILES string of the molecule is N#C[C@@H](c1ccco1)N1CCCCC1. The highest BCUT2D eigenvalue weighted by Gasteiger charge is 2.23. The lowest BCUT2D eigenvalue weighted by Crippen LogP contribution is -2.32. The Labute approximate surface area is 83.9 Å². The molecule has 74 valence electrons. The van der Waals surface area contributed by atoms with Gasteiger partial charge >= 0.3 is 0 Å². The molecule has 0 radical (unpaired) electrons. The molecule has 1 saturated heterocycles. The second kappa shape index (κ2) is 4.30. The van der Waals surface area contributed by atoms with Gasteiger partial charge in [0, 0.05) is 0 Å². The van der Waals surface area contributed by atoms with Gasteiger partial charge in [-0.1, -0.05) is 6.42 Å². The number of rotatable bonds is 2. The largest absolute Gasteiger partial charge is 0.467 e. The molecule has 0 bridgehead atoms. The van der Waals surface area contributed by atoms with E-state index in [0.717, 1.165) is 18.8 Å². The quantitative estimate of drug-likeness (QED) is 0.718. The van der Waals surface area contributed by atoms with Gasteiger partial charge in [0.1, 0.15) is 5.76 Å². The molecule has 2 rings (SSSR count). The summed E-state index contributed by atoms with van der Waals surface area (Å²) in [4.78, 5) is 2.20. The minimum Gasteiger partial charge on any atom is -0.467 e. The zero-order valence-electron chi connectivity index (χ0n) is 8.15. The molecule has 14 heavy (non-hydrogen) atoms. The van der Waals surface area contributed by atoms with Crippen molar-refractivity contribution in [2.75, 3.05) is 13.1 Å². The molecule has 3 nitrogen and oxygen atoms in total. The molecule has 0 spiro atoms. The number of furan rings is 1. The Morgan fingerprint density at radius 1 is 1.36 bits per heavy atom. The van der Waals surface area contributed by atoms with Crippen LogP contribution < -0.4 is 0 Å². The number of nitriles is 1. The molecular formula is C11H14N2O. The van der Waals surface area contributed by atoms with Crippen molar-refractivity contribution in [2.24, 2.45) is 0 Å². The smallest absolute Gasteiger partial charge is 0.156 e. The van der Waals surface area contributed by atoms with E-state index < -0.39 is 0 Å². The lowest BCUT2D eigenvalue weighted by atomic mass is 10.1. The van der Waals surface area contributed by atoms with Gasteiger partial charge in [-0.25, -0.2) is 0 Å². The normalized spacial score (nSPS) is 20.2. The van der Waals surface area contributed by atoms with Crippen LogP contribution in [-0.2, 0) is 0 Å². The highest BCUT2D eigenvalue weighted by Crippen LogP contribution is 2.23. The van der Waals surface area contributed by atoms with Crippen molar-refractivity contribution < 1.29 is 4.42 Å². The van der Waals surface area contributed by atoms with Crippen LogP contribution >= 0.6 is 0 Å². The van der Waals surface area contributed by atoms with Gasteiger partial charge in [-0.05, 0) is 38.1 Å². The fourth-order valence-corrected chi connectivity index (χ4v) is 1.95. The van der Waals surface area contributed by atoms with Crippen molar-refractivity contribution in [3.05, 3.63) is 24.2 Å². The van der Waals surface area contributed by atoms with Crippen LogP contribution in [0.3, 0.4) is 0 Å². The Hall–Kier alpha value is -1.27. The molecule has 0 amide bonds. The molecule has 0 aliphatic carbocycles. The van der Waals surface area contributed by atoms with E-state index in [-0.39, 0.29) is 6.04 Å². The standard InChI is InChI=1S/C11H14N2O/c12-9-10(11-5-4-8-14-11)13-6-2-1-3-7-13/h4-5,8,10H,1-3,6-7H2/t10-/m0/s1. The molecule has 2 heterocycles. The van der Waals surface area contributed by atoms with Gasteiger partial charge in [0.25, 0.3) is 0 Å². The van der Waals surface area contributed by atoms with Crippen LogP contribution in [0.15, 0.2) is 22.8 Å². The summed E-state index contributed by atoms with van der Waals surface area (Å²) in [5, 5.41) is 9.10. The number of nitrogens with zero attached hydrogens (tertiary/aromatic N) is 2. The van der Waals surface area contributed by atoms with Crippen LogP contribution in [0.2, 0.25) is 0 Å². The number of hydrogen-bond donors (Lipinski definition) is 0. The van der Waals surface area contributed by atoms with Crippen molar-refractivity contribution in [3.63, 3.8) is 0 Å². The molecule has 1 fully saturated rings. The van der Waals surface area contributed by atoms with Crippen molar-refractivity contribution in [1.82, 2.24) is 4.90 Å². The molecule has 0 N–H and O–H groups in total. The lowest BCUT2D eigenvalue weighted by Gasteiger charge is -2.29. The van der Waals surface area contributed by atoms with Crippen LogP contribution in [0.4, 0.5) is 0 Å². The van der Waals surface area contributed by atoms with Gasteiger partial charge in [-0.3, -0.25) is 4.90 Å². The molecule has 1 aromatic heterocycles. The van der Waals surface area contributed by atoms with E-state index in [2.05, 4.69) is 11.0 Å². The monoisotopic (exact) mass is 190 g/mol. The molecule has 0 saturated carbocycles. The Kier molecular flexibility index (Phi) is 2.85. The summed E-state index contributed by atoms with van der Waals surface area (Å²) in [6.45, 7) is 2.03. The molecule has 0 aromatic carbocycles. The van der Waals surface area contributed by atoms with Crippen molar-refractivity contribution in [2.45, 2.75) is 25.3 Å². The first-order chi connectivity index (χ1) is 6.92.